The first-order valence-electron chi connectivity index (χ1n) is 16.3. The smallest absolute Gasteiger partial charge is 0.411 e. The number of likely N-dealkylation sites (N-methyl/N-ethyl adjacent to an activating group) is 1. The van der Waals surface area contributed by atoms with E-state index in [1.54, 1.807) is 47.8 Å². The van der Waals surface area contributed by atoms with Crippen molar-refractivity contribution in [2.75, 3.05) is 33.1 Å². The molecule has 2 fully saturated rings. The molecule has 0 aromatic rings. The molecule has 3 aliphatic rings. The predicted octanol–water partition coefficient (Wildman–Crippen LogP) is 3.62. The summed E-state index contributed by atoms with van der Waals surface area (Å²) in [4.78, 5) is 26.1. The highest BCUT2D eigenvalue weighted by Gasteiger charge is 2.46. The van der Waals surface area contributed by atoms with E-state index in [2.05, 4.69) is 36.3 Å². The third-order valence-electron chi connectivity index (χ3n) is 7.95. The lowest BCUT2D eigenvalue weighted by Crippen LogP contribution is -2.56. The van der Waals surface area contributed by atoms with E-state index in [9.17, 15) is 19.8 Å². The summed E-state index contributed by atoms with van der Waals surface area (Å²) in [5, 5.41) is 29.2. The fourth-order valence-electron chi connectivity index (χ4n) is 5.78. The number of allylic oxidation sites excluding steroid dienone is 3. The molecule has 12 nitrogen and oxygen atoms in total. The van der Waals surface area contributed by atoms with Crippen molar-refractivity contribution in [2.45, 2.75) is 121 Å². The molecule has 1 amide bonds. The van der Waals surface area contributed by atoms with Crippen LogP contribution < -0.4 is 10.6 Å². The zero-order valence-electron chi connectivity index (χ0n) is 29.1. The SMILES string of the molecule is C/C=C\C#C[C@H](O[C@@H]1O[C@H](C)C[C@H](O)[C@H]1O[C@H]1C[C@H](OC)[C@@H](NCC)CO1)C1=C(NC(=O)OC)C(=O)C[C@](C)(O)/C1=C/CSSC(C)C. The highest BCUT2D eigenvalue weighted by atomic mass is 33.1. The molecule has 0 spiro atoms. The third-order valence-corrected chi connectivity index (χ3v) is 10.7. The van der Waals surface area contributed by atoms with E-state index >= 15 is 0 Å². The van der Waals surface area contributed by atoms with Gasteiger partial charge in [-0.05, 0) is 39.0 Å². The van der Waals surface area contributed by atoms with Gasteiger partial charge in [-0.1, -0.05) is 66.4 Å². The molecule has 2 aliphatic heterocycles. The maximum Gasteiger partial charge on any atom is 0.411 e. The number of Topliss-reactive ketones (excluding diaryl/α,β-unsaturated/α-hetero) is 1. The van der Waals surface area contributed by atoms with Crippen LogP contribution in [0.4, 0.5) is 4.79 Å². The van der Waals surface area contributed by atoms with E-state index in [-0.39, 0.29) is 36.3 Å². The number of methoxy groups -OCH3 is 2. The second kappa shape index (κ2) is 19.5. The van der Waals surface area contributed by atoms with E-state index in [1.807, 2.05) is 26.8 Å². The van der Waals surface area contributed by atoms with E-state index in [0.717, 1.165) is 6.54 Å². The maximum atomic E-state index is 13.6. The number of alkyl carbamates (subject to hydrolysis) is 1. The number of aliphatic hydroxyl groups excluding tert-OH is 1. The van der Waals surface area contributed by atoms with Crippen LogP contribution in [-0.4, -0.2) is 115 Å². The van der Waals surface area contributed by atoms with E-state index < -0.39 is 54.5 Å². The molecule has 4 N–H and O–H groups in total. The Kier molecular flexibility index (Phi) is 16.4. The number of ketones is 1. The first-order valence-corrected chi connectivity index (χ1v) is 18.7. The van der Waals surface area contributed by atoms with Crippen LogP contribution in [0.5, 0.6) is 0 Å². The van der Waals surface area contributed by atoms with Crippen molar-refractivity contribution in [3.05, 3.63) is 35.1 Å². The van der Waals surface area contributed by atoms with Crippen molar-refractivity contribution in [3.8, 4) is 11.8 Å². The standard InChI is InChI=1S/C34H52N2O10S2/c1-9-11-12-13-26(29-22(14-15-47-48-20(3)4)34(6,40)18-25(38)30(29)36-33(39)42-8)45-32-31(24(37)16-21(5)44-32)46-28-17-27(41-7)23(19-43-28)35-10-2/h9,11,14,20-21,23-24,26-28,31-32,35,37,40H,10,15-19H2,1-8H3,(H,36,39)/b11-9-,22-14+/t21-,23+,24+,26+,27+,28+,31-,32+,34+/m1/s1. The summed E-state index contributed by atoms with van der Waals surface area (Å²) in [6, 6.07) is -0.0164. The van der Waals surface area contributed by atoms with Crippen molar-refractivity contribution in [2.24, 2.45) is 0 Å². The third kappa shape index (κ3) is 11.3. The van der Waals surface area contributed by atoms with Gasteiger partial charge in [0.2, 0.25) is 0 Å². The molecular weight excluding hydrogens is 661 g/mol. The average Bonchev–Trinajstić information content (AvgIpc) is 3.02. The first-order chi connectivity index (χ1) is 22.8. The minimum Gasteiger partial charge on any atom is -0.453 e. The maximum absolute atomic E-state index is 13.6. The molecule has 0 saturated carbocycles. The molecule has 48 heavy (non-hydrogen) atoms. The van der Waals surface area contributed by atoms with Crippen LogP contribution in [0.25, 0.3) is 0 Å². The molecule has 9 atom stereocenters. The van der Waals surface area contributed by atoms with Crippen LogP contribution in [-0.2, 0) is 33.2 Å². The van der Waals surface area contributed by atoms with Gasteiger partial charge in [-0.25, -0.2) is 4.79 Å². The van der Waals surface area contributed by atoms with Crippen LogP contribution >= 0.6 is 21.6 Å². The lowest BCUT2D eigenvalue weighted by Gasteiger charge is -2.43. The summed E-state index contributed by atoms with van der Waals surface area (Å²) >= 11 is 0. The molecule has 1 aliphatic carbocycles. The second-order valence-electron chi connectivity index (χ2n) is 12.3. The number of aliphatic hydroxyl groups is 2. The number of carbonyl (C=O) groups is 2. The predicted molar refractivity (Wildman–Crippen MR) is 186 cm³/mol. The Morgan fingerprint density at radius 3 is 2.67 bits per heavy atom. The molecule has 0 bridgehead atoms. The number of nitrogens with one attached hydrogen (secondary N) is 2. The Bertz CT molecular complexity index is 1240. The summed E-state index contributed by atoms with van der Waals surface area (Å²) in [7, 11) is 6.09. The average molecular weight is 713 g/mol. The number of amides is 1. The fraction of sp³-hybridized carbons (Fsp3) is 0.706. The number of carbonyl (C=O) groups excluding carboxylic acids is 2. The molecule has 2 saturated heterocycles. The number of hydrogen-bond acceptors (Lipinski definition) is 13. The highest BCUT2D eigenvalue weighted by Crippen LogP contribution is 2.40. The van der Waals surface area contributed by atoms with E-state index in [4.69, 9.17) is 28.4 Å². The van der Waals surface area contributed by atoms with Gasteiger partial charge in [0.15, 0.2) is 18.4 Å². The number of rotatable bonds is 13. The lowest BCUT2D eigenvalue weighted by molar-refractivity contribution is -0.319. The van der Waals surface area contributed by atoms with E-state index in [0.29, 0.717) is 29.6 Å². The summed E-state index contributed by atoms with van der Waals surface area (Å²) in [6.45, 7) is 12.4. The Labute approximate surface area is 292 Å². The van der Waals surface area contributed by atoms with Gasteiger partial charge in [0.1, 0.15) is 12.2 Å². The van der Waals surface area contributed by atoms with Gasteiger partial charge < -0.3 is 44.0 Å². The highest BCUT2D eigenvalue weighted by molar-refractivity contribution is 8.77. The number of ether oxygens (including phenoxy) is 6. The Balaban J connectivity index is 2.07. The summed E-state index contributed by atoms with van der Waals surface area (Å²) in [6.07, 6.45) is -1.00. The van der Waals surface area contributed by atoms with Gasteiger partial charge in [0.25, 0.3) is 0 Å². The molecular formula is C34H52N2O10S2. The molecule has 0 radical (unpaired) electrons. The molecule has 0 aromatic carbocycles. The largest absolute Gasteiger partial charge is 0.453 e. The molecule has 270 valence electrons. The number of hydrogen-bond donors (Lipinski definition) is 4. The van der Waals surface area contributed by atoms with Gasteiger partial charge in [0, 0.05) is 42.9 Å². The fourth-order valence-corrected chi connectivity index (χ4v) is 7.62. The van der Waals surface area contributed by atoms with Crippen molar-refractivity contribution >= 4 is 33.5 Å². The van der Waals surface area contributed by atoms with Crippen molar-refractivity contribution < 1.29 is 48.2 Å². The second-order valence-corrected chi connectivity index (χ2v) is 15.3. The van der Waals surface area contributed by atoms with Crippen molar-refractivity contribution in [1.29, 1.82) is 0 Å². The monoisotopic (exact) mass is 712 g/mol. The van der Waals surface area contributed by atoms with Crippen LogP contribution in [0, 0.1) is 11.8 Å². The zero-order valence-corrected chi connectivity index (χ0v) is 30.8. The van der Waals surface area contributed by atoms with Crippen LogP contribution in [0.2, 0.25) is 0 Å². The quantitative estimate of drug-likeness (QED) is 0.125. The van der Waals surface area contributed by atoms with Crippen LogP contribution in [0.3, 0.4) is 0 Å². The topological polar surface area (TPSA) is 154 Å². The van der Waals surface area contributed by atoms with Gasteiger partial charge in [-0.15, -0.1) is 0 Å². The normalized spacial score (nSPS) is 32.8. The van der Waals surface area contributed by atoms with Gasteiger partial charge in [-0.2, -0.15) is 0 Å². The summed E-state index contributed by atoms with van der Waals surface area (Å²) in [5.41, 5.74) is -1.16. The Hall–Kier alpha value is -1.90. The lowest BCUT2D eigenvalue weighted by atomic mass is 9.76. The first kappa shape index (κ1) is 40.5. The molecule has 2 heterocycles. The van der Waals surface area contributed by atoms with Gasteiger partial charge in [-0.3, -0.25) is 10.1 Å². The molecule has 0 aromatic heterocycles. The van der Waals surface area contributed by atoms with Crippen molar-refractivity contribution in [1.82, 2.24) is 10.6 Å². The van der Waals surface area contributed by atoms with Crippen LogP contribution in [0.15, 0.2) is 35.1 Å². The minimum absolute atomic E-state index is 0.0164. The summed E-state index contributed by atoms with van der Waals surface area (Å²) < 4.78 is 35.7. The zero-order chi connectivity index (χ0) is 35.4. The van der Waals surface area contributed by atoms with Gasteiger partial charge >= 0.3 is 6.09 Å². The minimum atomic E-state index is -1.61. The molecule has 0 unspecified atom stereocenters. The Morgan fingerprint density at radius 2 is 2.02 bits per heavy atom. The van der Waals surface area contributed by atoms with Crippen LogP contribution in [0.1, 0.15) is 60.8 Å². The Morgan fingerprint density at radius 1 is 1.27 bits per heavy atom. The van der Waals surface area contributed by atoms with E-state index in [1.165, 1.54) is 7.11 Å². The van der Waals surface area contributed by atoms with Crippen molar-refractivity contribution in [3.63, 3.8) is 0 Å². The summed E-state index contributed by atoms with van der Waals surface area (Å²) in [5.74, 6) is 5.94. The molecule has 3 rings (SSSR count). The molecule has 14 heteroatoms. The van der Waals surface area contributed by atoms with Gasteiger partial charge in [0.05, 0.1) is 49.4 Å².